The summed E-state index contributed by atoms with van der Waals surface area (Å²) in [5, 5.41) is 18.4. The molecule has 1 amide bonds. The number of ether oxygens (including phenoxy) is 1. The topological polar surface area (TPSA) is 95.9 Å². The number of aliphatic hydroxyl groups is 1. The number of hydrogen-bond donors (Lipinski definition) is 3. The fraction of sp³-hybridized carbons (Fsp3) is 0.636. The first-order chi connectivity index (χ1) is 8.45. The third-order valence-corrected chi connectivity index (χ3v) is 1.88. The zero-order valence-electron chi connectivity index (χ0n) is 10.4. The number of nitrogens with one attached hydrogen (secondary N) is 1. The van der Waals surface area contributed by atoms with E-state index in [4.69, 9.17) is 14.9 Å². The first-order valence-electron chi connectivity index (χ1n) is 5.35. The van der Waals surface area contributed by atoms with E-state index < -0.39 is 12.1 Å². The van der Waals surface area contributed by atoms with Crippen molar-refractivity contribution < 1.29 is 24.5 Å². The van der Waals surface area contributed by atoms with Gasteiger partial charge in [-0.2, -0.15) is 0 Å². The third kappa shape index (κ3) is 17.4. The predicted molar refractivity (Wildman–Crippen MR) is 75.4 cm³/mol. The van der Waals surface area contributed by atoms with Crippen LogP contribution >= 0.6 is 22.6 Å². The zero-order chi connectivity index (χ0) is 14.4. The van der Waals surface area contributed by atoms with Crippen molar-refractivity contribution in [3.63, 3.8) is 0 Å². The molecule has 0 fully saturated rings. The van der Waals surface area contributed by atoms with Gasteiger partial charge in [-0.05, 0) is 17.3 Å². The molecule has 1 atom stereocenters. The number of rotatable bonds is 5. The van der Waals surface area contributed by atoms with Crippen LogP contribution < -0.4 is 5.32 Å². The Morgan fingerprint density at radius 2 is 2.06 bits per heavy atom. The smallest absolute Gasteiger partial charge is 0.408 e. The maximum atomic E-state index is 10.8. The van der Waals surface area contributed by atoms with Crippen molar-refractivity contribution in [2.45, 2.75) is 32.8 Å². The average Bonchev–Trinajstić information content (AvgIpc) is 2.30. The monoisotopic (exact) mass is 371 g/mol. The first kappa shape index (κ1) is 19.3. The summed E-state index contributed by atoms with van der Waals surface area (Å²) in [6.07, 6.45) is 0.425. The van der Waals surface area contributed by atoms with Crippen LogP contribution in [0.25, 0.3) is 0 Å². The lowest BCUT2D eigenvalue weighted by molar-refractivity contribution is -0.145. The number of aliphatic carboxylic acids is 1. The number of aliphatic hydroxyl groups excluding tert-OH is 1. The van der Waals surface area contributed by atoms with Crippen molar-refractivity contribution in [2.24, 2.45) is 0 Å². The minimum absolute atomic E-state index is 0.168. The molecule has 0 bridgehead atoms. The lowest BCUT2D eigenvalue weighted by Gasteiger charge is -2.02. The molecule has 1 unspecified atom stereocenters. The fourth-order valence-corrected chi connectivity index (χ4v) is 0.703. The Bertz CT molecular complexity index is 296. The molecule has 104 valence electrons. The number of carboxylic acids is 1. The molecule has 0 heterocycles. The third-order valence-electron chi connectivity index (χ3n) is 1.50. The molecule has 0 radical (unpaired) electrons. The van der Waals surface area contributed by atoms with Crippen LogP contribution in [-0.2, 0) is 9.53 Å². The number of alkyl carbamates (subject to hydrolysis) is 1. The lowest BCUT2D eigenvalue weighted by Crippen LogP contribution is -2.25. The SMILES string of the molecule is CC(O)C(=O)O.CCCCNC(=O)OCC#CI. The summed E-state index contributed by atoms with van der Waals surface area (Å²) in [6.45, 7) is 4.10. The molecule has 0 spiro atoms. The molecule has 0 aromatic rings. The Morgan fingerprint density at radius 3 is 2.44 bits per heavy atom. The Labute approximate surface area is 120 Å². The Kier molecular flexibility index (Phi) is 15.1. The number of halogens is 1. The van der Waals surface area contributed by atoms with Crippen LogP contribution in [-0.4, -0.2) is 41.5 Å². The van der Waals surface area contributed by atoms with Crippen LogP contribution in [0.4, 0.5) is 4.79 Å². The van der Waals surface area contributed by atoms with Crippen molar-refractivity contribution in [2.75, 3.05) is 13.2 Å². The molecule has 3 N–H and O–H groups in total. The second-order valence-electron chi connectivity index (χ2n) is 3.14. The Hall–Kier alpha value is -1.01. The van der Waals surface area contributed by atoms with Crippen LogP contribution in [0.5, 0.6) is 0 Å². The normalized spacial score (nSPS) is 10.0. The molecule has 6 nitrogen and oxygen atoms in total. The van der Waals surface area contributed by atoms with Gasteiger partial charge in [0.25, 0.3) is 0 Å². The van der Waals surface area contributed by atoms with Gasteiger partial charge in [0.1, 0.15) is 6.10 Å². The highest BCUT2D eigenvalue weighted by Crippen LogP contribution is 1.84. The van der Waals surface area contributed by atoms with Crippen molar-refractivity contribution in [3.05, 3.63) is 0 Å². The summed E-state index contributed by atoms with van der Waals surface area (Å²) in [4.78, 5) is 20.2. The van der Waals surface area contributed by atoms with E-state index in [9.17, 15) is 9.59 Å². The Morgan fingerprint density at radius 1 is 1.50 bits per heavy atom. The summed E-state index contributed by atoms with van der Waals surface area (Å²) in [5.74, 6) is 1.44. The van der Waals surface area contributed by atoms with E-state index in [1.807, 2.05) is 22.6 Å². The van der Waals surface area contributed by atoms with E-state index in [1.165, 1.54) is 6.92 Å². The number of unbranched alkanes of at least 4 members (excludes halogenated alkanes) is 1. The molecule has 0 rings (SSSR count). The highest BCUT2D eigenvalue weighted by molar-refractivity contribution is 14.1. The van der Waals surface area contributed by atoms with Crippen molar-refractivity contribution in [1.82, 2.24) is 5.32 Å². The van der Waals surface area contributed by atoms with E-state index in [1.54, 1.807) is 0 Å². The minimum atomic E-state index is -1.23. The largest absolute Gasteiger partial charge is 0.479 e. The molecular formula is C11H18INO5. The zero-order valence-corrected chi connectivity index (χ0v) is 12.6. The molecule has 0 aromatic carbocycles. The molecule has 18 heavy (non-hydrogen) atoms. The molecule has 0 aliphatic heterocycles. The molecule has 0 aliphatic rings. The first-order valence-corrected chi connectivity index (χ1v) is 6.43. The molecule has 0 saturated heterocycles. The van der Waals surface area contributed by atoms with Crippen LogP contribution in [0.3, 0.4) is 0 Å². The predicted octanol–water partition coefficient (Wildman–Crippen LogP) is 1.36. The van der Waals surface area contributed by atoms with Gasteiger partial charge in [0.2, 0.25) is 0 Å². The number of carbonyl (C=O) groups is 2. The second-order valence-corrected chi connectivity index (χ2v) is 3.68. The molecular weight excluding hydrogens is 353 g/mol. The van der Waals surface area contributed by atoms with E-state index in [0.717, 1.165) is 12.8 Å². The highest BCUT2D eigenvalue weighted by Gasteiger charge is 2.01. The summed E-state index contributed by atoms with van der Waals surface area (Å²) in [7, 11) is 0. The second kappa shape index (κ2) is 14.1. The minimum Gasteiger partial charge on any atom is -0.479 e. The molecule has 0 aliphatic carbocycles. The number of carboxylic acid groups (broad SMARTS) is 1. The highest BCUT2D eigenvalue weighted by atomic mass is 127. The summed E-state index contributed by atoms with van der Waals surface area (Å²) in [5.41, 5.74) is 0. The van der Waals surface area contributed by atoms with E-state index in [2.05, 4.69) is 22.1 Å². The standard InChI is InChI=1S/C8H12INO2.C3H6O3/c1-2-3-6-10-8(11)12-7-4-5-9;1-2(4)3(5)6/h2-3,6-7H2,1H3,(H,10,11);2,4H,1H3,(H,5,6). The lowest BCUT2D eigenvalue weighted by atomic mass is 10.3. The van der Waals surface area contributed by atoms with Crippen LogP contribution in [0, 0.1) is 9.85 Å². The van der Waals surface area contributed by atoms with Crippen LogP contribution in [0.15, 0.2) is 0 Å². The molecule has 0 aromatic heterocycles. The van der Waals surface area contributed by atoms with Gasteiger partial charge in [0.15, 0.2) is 6.61 Å². The maximum absolute atomic E-state index is 10.8. The quantitative estimate of drug-likeness (QED) is 0.385. The van der Waals surface area contributed by atoms with Crippen LogP contribution in [0.1, 0.15) is 26.7 Å². The number of hydrogen-bond acceptors (Lipinski definition) is 4. The van der Waals surface area contributed by atoms with Crippen molar-refractivity contribution >= 4 is 34.7 Å². The van der Waals surface area contributed by atoms with Gasteiger partial charge in [-0.15, -0.1) is 0 Å². The van der Waals surface area contributed by atoms with Gasteiger partial charge in [-0.3, -0.25) is 0 Å². The van der Waals surface area contributed by atoms with Gasteiger partial charge in [0, 0.05) is 29.1 Å². The fourth-order valence-electron chi connectivity index (χ4n) is 0.547. The van der Waals surface area contributed by atoms with Gasteiger partial charge in [0.05, 0.1) is 0 Å². The van der Waals surface area contributed by atoms with Crippen molar-refractivity contribution in [1.29, 1.82) is 0 Å². The van der Waals surface area contributed by atoms with Crippen LogP contribution in [0.2, 0.25) is 0 Å². The van der Waals surface area contributed by atoms with E-state index in [-0.39, 0.29) is 12.7 Å². The summed E-state index contributed by atoms with van der Waals surface area (Å²) in [6, 6.07) is 0. The number of carbonyl (C=O) groups excluding carboxylic acids is 1. The summed E-state index contributed by atoms with van der Waals surface area (Å²) >= 11 is 1.90. The van der Waals surface area contributed by atoms with Gasteiger partial charge >= 0.3 is 12.1 Å². The van der Waals surface area contributed by atoms with Crippen molar-refractivity contribution in [3.8, 4) is 9.85 Å². The average molecular weight is 371 g/mol. The maximum Gasteiger partial charge on any atom is 0.408 e. The van der Waals surface area contributed by atoms with Gasteiger partial charge < -0.3 is 20.3 Å². The molecule has 0 saturated carbocycles. The molecule has 7 heteroatoms. The summed E-state index contributed by atoms with van der Waals surface area (Å²) < 4.78 is 7.31. The van der Waals surface area contributed by atoms with Gasteiger partial charge in [-0.25, -0.2) is 9.59 Å². The van der Waals surface area contributed by atoms with E-state index >= 15 is 0 Å². The van der Waals surface area contributed by atoms with E-state index in [0.29, 0.717) is 6.54 Å². The number of amides is 1. The van der Waals surface area contributed by atoms with Gasteiger partial charge in [-0.1, -0.05) is 19.3 Å². The Balaban J connectivity index is 0.